The van der Waals surface area contributed by atoms with Crippen molar-refractivity contribution in [2.75, 3.05) is 7.05 Å². The fourth-order valence-electron chi connectivity index (χ4n) is 2.16. The highest BCUT2D eigenvalue weighted by atomic mass is 16.3. The van der Waals surface area contributed by atoms with Crippen LogP contribution in [-0.2, 0) is 19.6 Å². The van der Waals surface area contributed by atoms with Crippen LogP contribution in [0.1, 0.15) is 36.5 Å². The van der Waals surface area contributed by atoms with Gasteiger partial charge in [-0.15, -0.1) is 0 Å². The molecule has 0 atom stereocenters. The molecule has 110 valence electrons. The van der Waals surface area contributed by atoms with Crippen LogP contribution < -0.4 is 5.32 Å². The first-order chi connectivity index (χ1) is 9.54. The summed E-state index contributed by atoms with van der Waals surface area (Å²) in [6, 6.07) is 4.58. The van der Waals surface area contributed by atoms with Gasteiger partial charge in [-0.05, 0) is 31.7 Å². The molecule has 0 aliphatic heterocycles. The Balaban J connectivity index is 1.90. The molecule has 2 heterocycles. The fourth-order valence-corrected chi connectivity index (χ4v) is 2.16. The maximum Gasteiger partial charge on any atom is 0.120 e. The summed E-state index contributed by atoms with van der Waals surface area (Å²) in [4.78, 5) is 2.21. The van der Waals surface area contributed by atoms with Gasteiger partial charge in [-0.25, -0.2) is 0 Å². The van der Waals surface area contributed by atoms with E-state index < -0.39 is 0 Å². The van der Waals surface area contributed by atoms with E-state index in [9.17, 15) is 0 Å². The van der Waals surface area contributed by atoms with Crippen molar-refractivity contribution in [3.63, 3.8) is 0 Å². The highest BCUT2D eigenvalue weighted by molar-refractivity contribution is 5.20. The van der Waals surface area contributed by atoms with E-state index in [0.29, 0.717) is 6.04 Å². The first kappa shape index (κ1) is 14.9. The third-order valence-electron chi connectivity index (χ3n) is 3.20. The van der Waals surface area contributed by atoms with E-state index in [2.05, 4.69) is 44.1 Å². The zero-order valence-corrected chi connectivity index (χ0v) is 12.8. The first-order valence-corrected chi connectivity index (χ1v) is 7.05. The van der Waals surface area contributed by atoms with E-state index in [1.807, 2.05) is 6.07 Å². The van der Waals surface area contributed by atoms with Crippen molar-refractivity contribution >= 4 is 0 Å². The number of hydrogen-bond acceptors (Lipinski definition) is 4. The van der Waals surface area contributed by atoms with E-state index in [1.54, 1.807) is 12.5 Å². The zero-order valence-electron chi connectivity index (χ0n) is 12.8. The predicted molar refractivity (Wildman–Crippen MR) is 79.3 cm³/mol. The van der Waals surface area contributed by atoms with Crippen LogP contribution >= 0.6 is 0 Å². The first-order valence-electron chi connectivity index (χ1n) is 7.05. The zero-order chi connectivity index (χ0) is 14.5. The van der Waals surface area contributed by atoms with Crippen LogP contribution in [0.5, 0.6) is 0 Å². The van der Waals surface area contributed by atoms with Gasteiger partial charge in [-0.1, -0.05) is 13.8 Å². The van der Waals surface area contributed by atoms with E-state index in [1.165, 1.54) is 11.1 Å². The quantitative estimate of drug-likeness (QED) is 0.842. The average Bonchev–Trinajstić information content (AvgIpc) is 2.97. The van der Waals surface area contributed by atoms with Gasteiger partial charge in [-0.3, -0.25) is 4.90 Å². The maximum absolute atomic E-state index is 5.93. The highest BCUT2D eigenvalue weighted by Crippen LogP contribution is 2.17. The molecule has 2 aromatic rings. The van der Waals surface area contributed by atoms with Crippen LogP contribution in [0.4, 0.5) is 0 Å². The number of hydrogen-bond donors (Lipinski definition) is 1. The summed E-state index contributed by atoms with van der Waals surface area (Å²) in [5.74, 6) is 2.04. The molecule has 0 aliphatic carbocycles. The molecule has 0 spiro atoms. The molecule has 0 aliphatic rings. The minimum absolute atomic E-state index is 0.465. The molecule has 20 heavy (non-hydrogen) atoms. The third-order valence-corrected chi connectivity index (χ3v) is 3.20. The van der Waals surface area contributed by atoms with Crippen molar-refractivity contribution in [1.82, 2.24) is 10.2 Å². The second-order valence-electron chi connectivity index (χ2n) is 5.66. The highest BCUT2D eigenvalue weighted by Gasteiger charge is 2.10. The van der Waals surface area contributed by atoms with Gasteiger partial charge >= 0.3 is 0 Å². The minimum Gasteiger partial charge on any atom is -0.472 e. The van der Waals surface area contributed by atoms with E-state index in [4.69, 9.17) is 8.83 Å². The number of nitrogens with one attached hydrogen (secondary N) is 1. The molecule has 0 saturated heterocycles. The van der Waals surface area contributed by atoms with Crippen molar-refractivity contribution < 1.29 is 8.83 Å². The number of aryl methyl sites for hydroxylation is 1. The molecule has 0 unspecified atom stereocenters. The topological polar surface area (TPSA) is 41.6 Å². The van der Waals surface area contributed by atoms with Crippen LogP contribution in [0.3, 0.4) is 0 Å². The average molecular weight is 276 g/mol. The summed E-state index contributed by atoms with van der Waals surface area (Å²) in [7, 11) is 2.08. The van der Waals surface area contributed by atoms with Gasteiger partial charge in [0.05, 0.1) is 25.6 Å². The van der Waals surface area contributed by atoms with E-state index in [0.717, 1.165) is 31.2 Å². The van der Waals surface area contributed by atoms with Gasteiger partial charge in [0.15, 0.2) is 0 Å². The van der Waals surface area contributed by atoms with Gasteiger partial charge < -0.3 is 14.2 Å². The lowest BCUT2D eigenvalue weighted by Crippen LogP contribution is -2.21. The van der Waals surface area contributed by atoms with Crippen molar-refractivity contribution in [2.45, 2.75) is 46.4 Å². The Labute approximate surface area is 120 Å². The predicted octanol–water partition coefficient (Wildman–Crippen LogP) is 3.31. The monoisotopic (exact) mass is 276 g/mol. The summed E-state index contributed by atoms with van der Waals surface area (Å²) < 4.78 is 11.0. The second-order valence-corrected chi connectivity index (χ2v) is 5.66. The van der Waals surface area contributed by atoms with Gasteiger partial charge in [0, 0.05) is 18.2 Å². The molecule has 4 nitrogen and oxygen atoms in total. The number of nitrogens with zero attached hydrogens (tertiary/aromatic N) is 1. The lowest BCUT2D eigenvalue weighted by Gasteiger charge is -2.13. The molecule has 4 heteroatoms. The molecule has 0 bridgehead atoms. The van der Waals surface area contributed by atoms with Crippen molar-refractivity contribution in [2.24, 2.45) is 0 Å². The van der Waals surface area contributed by atoms with Crippen molar-refractivity contribution in [1.29, 1.82) is 0 Å². The molecule has 2 rings (SSSR count). The minimum atomic E-state index is 0.465. The smallest absolute Gasteiger partial charge is 0.120 e. The molecule has 0 amide bonds. The lowest BCUT2D eigenvalue weighted by atomic mass is 10.2. The van der Waals surface area contributed by atoms with E-state index >= 15 is 0 Å². The second kappa shape index (κ2) is 6.77. The Morgan fingerprint density at radius 2 is 2.10 bits per heavy atom. The lowest BCUT2D eigenvalue weighted by molar-refractivity contribution is 0.281. The molecular formula is C16H24N2O2. The van der Waals surface area contributed by atoms with Crippen LogP contribution in [0.15, 0.2) is 33.5 Å². The Kier molecular flexibility index (Phi) is 5.04. The third kappa shape index (κ3) is 4.25. The SMILES string of the molecule is Cc1cc(CN(C)Cc2ccoc2)oc1CNC(C)C. The van der Waals surface area contributed by atoms with Crippen LogP contribution in [0, 0.1) is 6.92 Å². The molecule has 0 radical (unpaired) electrons. The summed E-state index contributed by atoms with van der Waals surface area (Å²) in [6.07, 6.45) is 3.48. The fraction of sp³-hybridized carbons (Fsp3) is 0.500. The summed E-state index contributed by atoms with van der Waals surface area (Å²) in [5.41, 5.74) is 2.39. The Hall–Kier alpha value is -1.52. The van der Waals surface area contributed by atoms with Gasteiger partial charge in [0.1, 0.15) is 11.5 Å². The Bertz CT molecular complexity index is 515. The summed E-state index contributed by atoms with van der Waals surface area (Å²) >= 11 is 0. The van der Waals surface area contributed by atoms with Crippen LogP contribution in [0.2, 0.25) is 0 Å². The normalized spacial score (nSPS) is 11.7. The van der Waals surface area contributed by atoms with Gasteiger partial charge in [0.25, 0.3) is 0 Å². The number of rotatable bonds is 7. The number of furan rings is 2. The van der Waals surface area contributed by atoms with E-state index in [-0.39, 0.29) is 0 Å². The molecule has 0 saturated carbocycles. The Morgan fingerprint density at radius 1 is 1.30 bits per heavy atom. The molecule has 0 aromatic carbocycles. The Morgan fingerprint density at radius 3 is 2.75 bits per heavy atom. The molecular weight excluding hydrogens is 252 g/mol. The maximum atomic E-state index is 5.93. The van der Waals surface area contributed by atoms with Gasteiger partial charge in [0.2, 0.25) is 0 Å². The molecule has 1 N–H and O–H groups in total. The van der Waals surface area contributed by atoms with Crippen LogP contribution in [-0.4, -0.2) is 18.0 Å². The summed E-state index contributed by atoms with van der Waals surface area (Å²) in [6.45, 7) is 8.81. The molecule has 0 fully saturated rings. The standard InChI is InChI=1S/C16H24N2O2/c1-12(2)17-8-16-13(3)7-15(20-16)10-18(4)9-14-5-6-19-11-14/h5-7,11-12,17H,8-10H2,1-4H3. The van der Waals surface area contributed by atoms with Crippen molar-refractivity contribution in [3.8, 4) is 0 Å². The van der Waals surface area contributed by atoms with Crippen LogP contribution in [0.25, 0.3) is 0 Å². The summed E-state index contributed by atoms with van der Waals surface area (Å²) in [5, 5.41) is 3.39. The van der Waals surface area contributed by atoms with Crippen molar-refractivity contribution in [3.05, 3.63) is 47.3 Å². The van der Waals surface area contributed by atoms with Gasteiger partial charge in [-0.2, -0.15) is 0 Å². The largest absolute Gasteiger partial charge is 0.472 e. The molecule has 2 aromatic heterocycles.